The normalized spacial score (nSPS) is 23.4. The third kappa shape index (κ3) is 8.95. The summed E-state index contributed by atoms with van der Waals surface area (Å²) in [6.45, 7) is 1.95. The summed E-state index contributed by atoms with van der Waals surface area (Å²) in [4.78, 5) is 26.4. The topological polar surface area (TPSA) is 91.9 Å². The lowest BCUT2D eigenvalue weighted by Gasteiger charge is -2.38. The fourth-order valence-corrected chi connectivity index (χ4v) is 5.72. The number of piperidine rings is 1. The van der Waals surface area contributed by atoms with Crippen LogP contribution in [0.2, 0.25) is 5.02 Å². The molecule has 0 bridgehead atoms. The summed E-state index contributed by atoms with van der Waals surface area (Å²) in [5.74, 6) is -0.307. The van der Waals surface area contributed by atoms with E-state index in [0.717, 1.165) is 32.1 Å². The fraction of sp³-hybridized carbons (Fsp3) is 0.704. The molecule has 0 radical (unpaired) electrons. The van der Waals surface area contributed by atoms with Gasteiger partial charge in [-0.3, -0.25) is 0 Å². The highest BCUT2D eigenvalue weighted by molar-refractivity contribution is 6.30. The number of alkyl carbamates (subject to hydrolysis) is 1. The van der Waals surface area contributed by atoms with Crippen LogP contribution in [0.1, 0.15) is 56.6 Å². The van der Waals surface area contributed by atoms with Crippen LogP contribution in [0, 0.1) is 17.7 Å². The van der Waals surface area contributed by atoms with E-state index in [-0.39, 0.29) is 36.2 Å². The maximum absolute atomic E-state index is 15.0. The van der Waals surface area contributed by atoms with Crippen molar-refractivity contribution in [1.82, 2.24) is 20.9 Å². The summed E-state index contributed by atoms with van der Waals surface area (Å²) >= 11 is 6.07. The second-order valence-electron chi connectivity index (χ2n) is 10.3. The Morgan fingerprint density at radius 2 is 1.97 bits per heavy atom. The van der Waals surface area contributed by atoms with Crippen molar-refractivity contribution in [2.75, 3.05) is 46.9 Å². The van der Waals surface area contributed by atoms with E-state index in [9.17, 15) is 14.0 Å². The van der Waals surface area contributed by atoms with Gasteiger partial charge in [-0.15, -0.1) is 0 Å². The van der Waals surface area contributed by atoms with E-state index in [2.05, 4.69) is 20.7 Å². The molecule has 3 amide bonds. The molecule has 1 aromatic rings. The molecule has 1 heterocycles. The number of nitrogens with one attached hydrogen (secondary N) is 3. The molecule has 0 aromatic heterocycles. The Hall–Kier alpha value is -2.17. The van der Waals surface area contributed by atoms with Gasteiger partial charge < -0.3 is 30.3 Å². The zero-order chi connectivity index (χ0) is 27.5. The van der Waals surface area contributed by atoms with E-state index in [4.69, 9.17) is 16.3 Å². The number of urea groups is 1. The van der Waals surface area contributed by atoms with Crippen molar-refractivity contribution in [3.63, 3.8) is 0 Å². The lowest BCUT2D eigenvalue weighted by molar-refractivity contribution is -0.0106. The average molecular weight is 559 g/mol. The molecule has 1 aromatic carbocycles. The minimum Gasteiger partial charge on any atom is -0.453 e. The number of methoxy groups -OCH3 is 1. The van der Waals surface area contributed by atoms with E-state index < -0.39 is 24.2 Å². The molecule has 1 aliphatic carbocycles. The third-order valence-corrected chi connectivity index (χ3v) is 7.78. The molecule has 3 unspecified atom stereocenters. The van der Waals surface area contributed by atoms with Gasteiger partial charge in [-0.05, 0) is 64.0 Å². The highest BCUT2D eigenvalue weighted by Crippen LogP contribution is 2.36. The van der Waals surface area contributed by atoms with Gasteiger partial charge in [-0.25, -0.2) is 18.4 Å². The number of benzene rings is 1. The Morgan fingerprint density at radius 1 is 1.21 bits per heavy atom. The van der Waals surface area contributed by atoms with Crippen molar-refractivity contribution in [2.45, 2.75) is 63.3 Å². The van der Waals surface area contributed by atoms with Crippen LogP contribution in [0.5, 0.6) is 0 Å². The molecule has 0 spiro atoms. The van der Waals surface area contributed by atoms with Crippen molar-refractivity contribution in [3.05, 3.63) is 34.6 Å². The quantitative estimate of drug-likeness (QED) is 0.339. The van der Waals surface area contributed by atoms with Gasteiger partial charge in [0.25, 0.3) is 0 Å². The van der Waals surface area contributed by atoms with Gasteiger partial charge in [0.15, 0.2) is 0 Å². The monoisotopic (exact) mass is 558 g/mol. The molecular weight excluding hydrogens is 518 g/mol. The number of halogens is 3. The van der Waals surface area contributed by atoms with Crippen molar-refractivity contribution in [2.24, 2.45) is 11.8 Å². The molecule has 214 valence electrons. The Kier molecular flexibility index (Phi) is 12.3. The number of carbonyl (C=O) groups excluding carboxylic acids is 2. The molecule has 2 fully saturated rings. The SMILES string of the molecule is CNCC(CC1CCC(F)CC1)NC(=O)N1CCCC(C(OCCNC(=O)OC)c2cccc(Cl)c2F)C1. The molecule has 38 heavy (non-hydrogen) atoms. The van der Waals surface area contributed by atoms with Crippen LogP contribution in [0.3, 0.4) is 0 Å². The van der Waals surface area contributed by atoms with Crippen LogP contribution in [0.4, 0.5) is 18.4 Å². The Labute approximate surface area is 229 Å². The zero-order valence-electron chi connectivity index (χ0n) is 22.3. The predicted molar refractivity (Wildman–Crippen MR) is 143 cm³/mol. The van der Waals surface area contributed by atoms with Crippen molar-refractivity contribution in [1.29, 1.82) is 0 Å². The number of rotatable bonds is 11. The minimum absolute atomic E-state index is 0.00546. The molecule has 11 heteroatoms. The molecule has 1 saturated carbocycles. The second-order valence-corrected chi connectivity index (χ2v) is 10.7. The minimum atomic E-state index is -0.704. The number of alkyl halides is 1. The van der Waals surface area contributed by atoms with Crippen LogP contribution in [0.25, 0.3) is 0 Å². The van der Waals surface area contributed by atoms with Gasteiger partial charge in [0.2, 0.25) is 0 Å². The van der Waals surface area contributed by atoms with E-state index in [0.29, 0.717) is 44.0 Å². The number of hydrogen-bond donors (Lipinski definition) is 3. The van der Waals surface area contributed by atoms with Crippen molar-refractivity contribution >= 4 is 23.7 Å². The first-order valence-electron chi connectivity index (χ1n) is 13.5. The van der Waals surface area contributed by atoms with Gasteiger partial charge in [0, 0.05) is 43.7 Å². The predicted octanol–water partition coefficient (Wildman–Crippen LogP) is 4.82. The van der Waals surface area contributed by atoms with Crippen LogP contribution >= 0.6 is 11.6 Å². The molecule has 8 nitrogen and oxygen atoms in total. The first kappa shape index (κ1) is 30.4. The van der Waals surface area contributed by atoms with E-state index in [1.807, 2.05) is 7.05 Å². The Bertz CT molecular complexity index is 904. The standard InChI is InChI=1S/C27H41ClF2N4O4/c1-31-16-21(15-18-8-10-20(29)11-9-18)33-26(35)34-13-4-5-19(17-34)25(38-14-12-32-27(36)37-2)22-6-3-7-23(28)24(22)30/h3,6-7,18-21,25,31H,4-5,8-17H2,1-2H3,(H,32,36)(H,33,35). The van der Waals surface area contributed by atoms with Gasteiger partial charge >= 0.3 is 12.1 Å². The summed E-state index contributed by atoms with van der Waals surface area (Å²) in [6.07, 6.45) is 3.25. The summed E-state index contributed by atoms with van der Waals surface area (Å²) in [7, 11) is 3.13. The number of carbonyl (C=O) groups is 2. The zero-order valence-corrected chi connectivity index (χ0v) is 23.1. The molecule has 3 rings (SSSR count). The van der Waals surface area contributed by atoms with Gasteiger partial charge in [0.05, 0.1) is 24.8 Å². The maximum Gasteiger partial charge on any atom is 0.406 e. The summed E-state index contributed by atoms with van der Waals surface area (Å²) < 4.78 is 39.3. The van der Waals surface area contributed by atoms with E-state index in [1.165, 1.54) is 13.2 Å². The highest BCUT2D eigenvalue weighted by atomic mass is 35.5. The molecule has 2 aliphatic rings. The van der Waals surface area contributed by atoms with Crippen LogP contribution in [0.15, 0.2) is 18.2 Å². The van der Waals surface area contributed by atoms with Gasteiger partial charge in [-0.1, -0.05) is 23.7 Å². The third-order valence-electron chi connectivity index (χ3n) is 7.49. The van der Waals surface area contributed by atoms with Crippen molar-refractivity contribution < 1.29 is 27.8 Å². The Morgan fingerprint density at radius 3 is 2.68 bits per heavy atom. The number of ether oxygens (including phenoxy) is 2. The van der Waals surface area contributed by atoms with E-state index >= 15 is 4.39 Å². The first-order valence-corrected chi connectivity index (χ1v) is 13.9. The number of hydrogen-bond acceptors (Lipinski definition) is 5. The summed E-state index contributed by atoms with van der Waals surface area (Å²) in [5, 5.41) is 8.89. The lowest BCUT2D eigenvalue weighted by atomic mass is 9.84. The molecule has 1 aliphatic heterocycles. The molecule has 1 saturated heterocycles. The van der Waals surface area contributed by atoms with Crippen molar-refractivity contribution in [3.8, 4) is 0 Å². The first-order chi connectivity index (χ1) is 18.3. The second kappa shape index (κ2) is 15.4. The molecule has 3 atom stereocenters. The largest absolute Gasteiger partial charge is 0.453 e. The number of amides is 3. The number of nitrogens with zero attached hydrogens (tertiary/aromatic N) is 1. The Balaban J connectivity index is 1.65. The fourth-order valence-electron chi connectivity index (χ4n) is 5.54. The smallest absolute Gasteiger partial charge is 0.406 e. The maximum atomic E-state index is 15.0. The molecule has 3 N–H and O–H groups in total. The van der Waals surface area contributed by atoms with E-state index in [1.54, 1.807) is 17.0 Å². The summed E-state index contributed by atoms with van der Waals surface area (Å²) in [5.41, 5.74) is 0.333. The van der Waals surface area contributed by atoms with Crippen LogP contribution < -0.4 is 16.0 Å². The van der Waals surface area contributed by atoms with Gasteiger partial charge in [0.1, 0.15) is 12.0 Å². The van der Waals surface area contributed by atoms with Crippen LogP contribution in [-0.4, -0.2) is 76.2 Å². The lowest BCUT2D eigenvalue weighted by Crippen LogP contribution is -2.52. The number of likely N-dealkylation sites (tertiary alicyclic amines) is 1. The van der Waals surface area contributed by atoms with Crippen LogP contribution in [-0.2, 0) is 9.47 Å². The summed E-state index contributed by atoms with van der Waals surface area (Å²) in [6, 6.07) is 4.59. The molecular formula is C27H41ClF2N4O4. The average Bonchev–Trinajstić information content (AvgIpc) is 2.92. The number of likely N-dealkylation sites (N-methyl/N-ethyl adjacent to an activating group) is 1. The highest BCUT2D eigenvalue weighted by Gasteiger charge is 2.34. The van der Waals surface area contributed by atoms with Gasteiger partial charge in [-0.2, -0.15) is 0 Å².